The molecule has 1 amide bonds. The van der Waals surface area contributed by atoms with E-state index in [1.165, 1.54) is 23.3 Å². The van der Waals surface area contributed by atoms with E-state index in [0.717, 1.165) is 29.3 Å². The van der Waals surface area contributed by atoms with Gasteiger partial charge in [0, 0.05) is 28.9 Å². The fraction of sp³-hybridized carbons (Fsp3) is 0.355. The summed E-state index contributed by atoms with van der Waals surface area (Å²) in [5.74, 6) is 0.143. The van der Waals surface area contributed by atoms with Gasteiger partial charge in [-0.2, -0.15) is 0 Å². The van der Waals surface area contributed by atoms with Gasteiger partial charge in [0.25, 0.3) is 5.91 Å². The molecule has 7 nitrogen and oxygen atoms in total. The highest BCUT2D eigenvalue weighted by atomic mass is 35.5. The molecule has 0 unspecified atom stereocenters. The summed E-state index contributed by atoms with van der Waals surface area (Å²) in [6.45, 7) is 7.72. The number of rotatable bonds is 11. The average Bonchev–Trinajstić information content (AvgIpc) is 3.29. The van der Waals surface area contributed by atoms with Crippen molar-refractivity contribution < 1.29 is 18.3 Å². The van der Waals surface area contributed by atoms with E-state index in [0.29, 0.717) is 29.1 Å². The molecular formula is C31H36ClN3O4S. The number of nitrogens with zero attached hydrogens (tertiary/aromatic N) is 2. The lowest BCUT2D eigenvalue weighted by Crippen LogP contribution is -2.30. The molecule has 9 heteroatoms. The van der Waals surface area contributed by atoms with Crippen LogP contribution in [0.4, 0.5) is 0 Å². The Morgan fingerprint density at radius 3 is 2.40 bits per heavy atom. The van der Waals surface area contributed by atoms with Crippen molar-refractivity contribution in [1.82, 2.24) is 14.7 Å². The second-order valence-electron chi connectivity index (χ2n) is 10.4. The molecule has 0 spiro atoms. The summed E-state index contributed by atoms with van der Waals surface area (Å²) in [6, 6.07) is 15.1. The molecule has 2 aromatic carbocycles. The maximum absolute atomic E-state index is 13.2. The SMILES string of the molecule is CCc1c(Cc2ccc(Cl)cc2CC(C)C)nc2cc(C(=O)N[C@@H](CO)c3ccc(S(=O)(=O)CC)cc3)ccn12. The number of imidazole rings is 1. The van der Waals surface area contributed by atoms with Crippen molar-refractivity contribution in [2.24, 2.45) is 5.92 Å². The smallest absolute Gasteiger partial charge is 0.252 e. The van der Waals surface area contributed by atoms with Gasteiger partial charge in [0.15, 0.2) is 9.84 Å². The first-order valence-electron chi connectivity index (χ1n) is 13.6. The number of benzene rings is 2. The monoisotopic (exact) mass is 581 g/mol. The lowest BCUT2D eigenvalue weighted by atomic mass is 9.95. The van der Waals surface area contributed by atoms with Gasteiger partial charge in [-0.05, 0) is 71.8 Å². The maximum Gasteiger partial charge on any atom is 0.252 e. The fourth-order valence-electron chi connectivity index (χ4n) is 4.93. The predicted molar refractivity (Wildman–Crippen MR) is 159 cm³/mol. The second kappa shape index (κ2) is 12.5. The van der Waals surface area contributed by atoms with Gasteiger partial charge >= 0.3 is 0 Å². The van der Waals surface area contributed by atoms with Crippen LogP contribution in [0.3, 0.4) is 0 Å². The van der Waals surface area contributed by atoms with Crippen LogP contribution in [-0.2, 0) is 29.1 Å². The molecule has 0 radical (unpaired) electrons. The Morgan fingerprint density at radius 1 is 1.05 bits per heavy atom. The number of carbonyl (C=O) groups excluding carboxylic acids is 1. The van der Waals surface area contributed by atoms with Crippen LogP contribution in [0.2, 0.25) is 5.02 Å². The molecular weight excluding hydrogens is 546 g/mol. The topological polar surface area (TPSA) is 101 Å². The predicted octanol–water partition coefficient (Wildman–Crippen LogP) is 5.60. The Bertz CT molecular complexity index is 1610. The Balaban J connectivity index is 1.58. The van der Waals surface area contributed by atoms with Crippen molar-refractivity contribution in [3.05, 3.63) is 99.5 Å². The van der Waals surface area contributed by atoms with E-state index in [4.69, 9.17) is 16.6 Å². The number of carbonyl (C=O) groups is 1. The Morgan fingerprint density at radius 2 is 1.77 bits per heavy atom. The van der Waals surface area contributed by atoms with Gasteiger partial charge in [-0.3, -0.25) is 4.79 Å². The number of pyridine rings is 1. The number of aryl methyl sites for hydroxylation is 1. The second-order valence-corrected chi connectivity index (χ2v) is 13.1. The van der Waals surface area contributed by atoms with E-state index < -0.39 is 15.9 Å². The summed E-state index contributed by atoms with van der Waals surface area (Å²) in [6.07, 6.45) is 4.24. The minimum atomic E-state index is -3.33. The van der Waals surface area contributed by atoms with E-state index >= 15 is 0 Å². The van der Waals surface area contributed by atoms with Crippen molar-refractivity contribution >= 4 is 33.0 Å². The lowest BCUT2D eigenvalue weighted by molar-refractivity contribution is 0.0916. The summed E-state index contributed by atoms with van der Waals surface area (Å²) < 4.78 is 26.2. The third-order valence-electron chi connectivity index (χ3n) is 7.07. The Labute approximate surface area is 241 Å². The number of nitrogens with one attached hydrogen (secondary N) is 1. The number of aliphatic hydroxyl groups is 1. The molecule has 0 fully saturated rings. The van der Waals surface area contributed by atoms with E-state index in [2.05, 4.69) is 32.2 Å². The zero-order chi connectivity index (χ0) is 29.0. The molecule has 40 heavy (non-hydrogen) atoms. The molecule has 0 aliphatic heterocycles. The van der Waals surface area contributed by atoms with Crippen LogP contribution in [0.15, 0.2) is 65.7 Å². The van der Waals surface area contributed by atoms with Crippen LogP contribution in [0, 0.1) is 5.92 Å². The van der Waals surface area contributed by atoms with Crippen molar-refractivity contribution in [1.29, 1.82) is 0 Å². The molecule has 1 atom stereocenters. The largest absolute Gasteiger partial charge is 0.394 e. The van der Waals surface area contributed by atoms with Gasteiger partial charge in [0.1, 0.15) is 5.65 Å². The summed E-state index contributed by atoms with van der Waals surface area (Å²) >= 11 is 6.29. The first-order chi connectivity index (χ1) is 19.1. The number of hydrogen-bond donors (Lipinski definition) is 2. The molecule has 0 saturated carbocycles. The first-order valence-corrected chi connectivity index (χ1v) is 15.6. The van der Waals surface area contributed by atoms with Gasteiger partial charge in [0.05, 0.1) is 29.0 Å². The van der Waals surface area contributed by atoms with Crippen LogP contribution in [0.5, 0.6) is 0 Å². The highest BCUT2D eigenvalue weighted by Gasteiger charge is 2.19. The van der Waals surface area contributed by atoms with Gasteiger partial charge < -0.3 is 14.8 Å². The zero-order valence-electron chi connectivity index (χ0n) is 23.3. The molecule has 0 bridgehead atoms. The molecule has 4 rings (SSSR count). The van der Waals surface area contributed by atoms with Gasteiger partial charge in [0.2, 0.25) is 0 Å². The number of halogens is 1. The molecule has 0 aliphatic rings. The summed E-state index contributed by atoms with van der Waals surface area (Å²) in [7, 11) is -3.33. The van der Waals surface area contributed by atoms with Crippen molar-refractivity contribution in [3.63, 3.8) is 0 Å². The van der Waals surface area contributed by atoms with Crippen LogP contribution in [-0.4, -0.2) is 41.2 Å². The molecule has 4 aromatic rings. The van der Waals surface area contributed by atoms with E-state index in [9.17, 15) is 18.3 Å². The number of sulfone groups is 1. The molecule has 0 aliphatic carbocycles. The van der Waals surface area contributed by atoms with Crippen LogP contribution < -0.4 is 5.32 Å². The number of amides is 1. The fourth-order valence-corrected chi connectivity index (χ4v) is 6.01. The van der Waals surface area contributed by atoms with Gasteiger partial charge in [-0.1, -0.05) is 57.5 Å². The minimum absolute atomic E-state index is 0.00301. The quantitative estimate of drug-likeness (QED) is 0.240. The van der Waals surface area contributed by atoms with Crippen LogP contribution in [0.25, 0.3) is 5.65 Å². The highest BCUT2D eigenvalue weighted by Crippen LogP contribution is 2.25. The molecule has 212 valence electrons. The van der Waals surface area contributed by atoms with Crippen LogP contribution in [0.1, 0.15) is 72.2 Å². The lowest BCUT2D eigenvalue weighted by Gasteiger charge is -2.17. The number of fused-ring (bicyclic) bond motifs is 1. The maximum atomic E-state index is 13.2. The van der Waals surface area contributed by atoms with Crippen molar-refractivity contribution in [2.75, 3.05) is 12.4 Å². The standard InChI is InChI=1S/C31H36ClN3O4S/c1-5-29-27(17-22-7-10-25(32)16-24(22)15-20(3)4)33-30-18-23(13-14-35(29)30)31(37)34-28(19-36)21-8-11-26(12-9-21)40(38,39)6-2/h7-14,16,18,20,28,36H,5-6,15,17,19H2,1-4H3,(H,34,37)/t28-/m0/s1. The van der Waals surface area contributed by atoms with E-state index in [1.807, 2.05) is 22.7 Å². The molecule has 0 saturated heterocycles. The summed E-state index contributed by atoms with van der Waals surface area (Å²) in [5, 5.41) is 13.6. The van der Waals surface area contributed by atoms with Crippen molar-refractivity contribution in [3.8, 4) is 0 Å². The Kier molecular flexibility index (Phi) is 9.33. The molecule has 2 N–H and O–H groups in total. The summed E-state index contributed by atoms with van der Waals surface area (Å²) in [4.78, 5) is 18.3. The average molecular weight is 582 g/mol. The third kappa shape index (κ3) is 6.57. The third-order valence-corrected chi connectivity index (χ3v) is 9.05. The van der Waals surface area contributed by atoms with Crippen molar-refractivity contribution in [2.45, 2.75) is 57.9 Å². The minimum Gasteiger partial charge on any atom is -0.394 e. The Hall–Kier alpha value is -3.20. The normalized spacial score (nSPS) is 12.7. The first kappa shape index (κ1) is 29.8. The van der Waals surface area contributed by atoms with Crippen LogP contribution >= 0.6 is 11.6 Å². The highest BCUT2D eigenvalue weighted by molar-refractivity contribution is 7.91. The zero-order valence-corrected chi connectivity index (χ0v) is 24.9. The molecule has 2 aromatic heterocycles. The van der Waals surface area contributed by atoms with Gasteiger partial charge in [-0.15, -0.1) is 0 Å². The number of aliphatic hydroxyl groups excluding tert-OH is 1. The van der Waals surface area contributed by atoms with E-state index in [-0.39, 0.29) is 23.2 Å². The molecule has 2 heterocycles. The van der Waals surface area contributed by atoms with Gasteiger partial charge in [-0.25, -0.2) is 13.4 Å². The number of hydrogen-bond acceptors (Lipinski definition) is 5. The van der Waals surface area contributed by atoms with E-state index in [1.54, 1.807) is 31.2 Å². The summed E-state index contributed by atoms with van der Waals surface area (Å²) in [5.41, 5.74) is 6.17. The number of aromatic nitrogens is 2.